The number of benzene rings is 1. The Hall–Kier alpha value is -0.710. The highest BCUT2D eigenvalue weighted by Gasteiger charge is 2.15. The minimum Gasteiger partial charge on any atom is -0.496 e. The standard InChI is InChI=1S/C16H25NO2S/c1-3-17-10-13-6-7-16(18-2)14(9-13)11-20-12-15-5-4-8-19-15/h6-7,9,15,17H,3-5,8,10-12H2,1-2H3. The van der Waals surface area contributed by atoms with E-state index in [0.29, 0.717) is 6.10 Å². The van der Waals surface area contributed by atoms with Crippen LogP contribution in [0.3, 0.4) is 0 Å². The Morgan fingerprint density at radius 3 is 3.05 bits per heavy atom. The van der Waals surface area contributed by atoms with Crippen LogP contribution >= 0.6 is 11.8 Å². The van der Waals surface area contributed by atoms with Gasteiger partial charge in [0.05, 0.1) is 13.2 Å². The molecule has 1 unspecified atom stereocenters. The van der Waals surface area contributed by atoms with Crippen LogP contribution in [-0.2, 0) is 17.0 Å². The molecule has 0 radical (unpaired) electrons. The second kappa shape index (κ2) is 8.55. The molecule has 1 fully saturated rings. The Labute approximate surface area is 126 Å². The van der Waals surface area contributed by atoms with Crippen molar-refractivity contribution >= 4 is 11.8 Å². The lowest BCUT2D eigenvalue weighted by Crippen LogP contribution is -2.12. The number of thioether (sulfide) groups is 1. The molecule has 0 spiro atoms. The summed E-state index contributed by atoms with van der Waals surface area (Å²) in [5.41, 5.74) is 2.60. The molecule has 1 N–H and O–H groups in total. The number of ether oxygens (including phenoxy) is 2. The van der Waals surface area contributed by atoms with Crippen LogP contribution in [0.25, 0.3) is 0 Å². The van der Waals surface area contributed by atoms with Crippen LogP contribution in [-0.4, -0.2) is 32.1 Å². The normalized spacial score (nSPS) is 18.4. The molecular weight excluding hydrogens is 270 g/mol. The molecular formula is C16H25NO2S. The molecule has 4 heteroatoms. The molecule has 1 aliphatic heterocycles. The summed E-state index contributed by atoms with van der Waals surface area (Å²) in [4.78, 5) is 0. The van der Waals surface area contributed by atoms with Gasteiger partial charge in [0.15, 0.2) is 0 Å². The maximum absolute atomic E-state index is 5.66. The number of hydrogen-bond donors (Lipinski definition) is 1. The summed E-state index contributed by atoms with van der Waals surface area (Å²) in [5.74, 6) is 3.06. The van der Waals surface area contributed by atoms with Gasteiger partial charge in [-0.1, -0.05) is 13.0 Å². The van der Waals surface area contributed by atoms with Crippen molar-refractivity contribution in [3.8, 4) is 5.75 Å². The fourth-order valence-corrected chi connectivity index (χ4v) is 3.49. The van der Waals surface area contributed by atoms with Crippen molar-refractivity contribution in [2.24, 2.45) is 0 Å². The first-order valence-corrected chi connectivity index (χ1v) is 8.54. The molecule has 0 saturated carbocycles. The van der Waals surface area contributed by atoms with Crippen LogP contribution in [0.1, 0.15) is 30.9 Å². The maximum Gasteiger partial charge on any atom is 0.122 e. The van der Waals surface area contributed by atoms with Crippen LogP contribution in [0.15, 0.2) is 18.2 Å². The summed E-state index contributed by atoms with van der Waals surface area (Å²) in [6, 6.07) is 6.47. The molecule has 1 atom stereocenters. The number of hydrogen-bond acceptors (Lipinski definition) is 4. The Morgan fingerprint density at radius 2 is 2.35 bits per heavy atom. The van der Waals surface area contributed by atoms with Gasteiger partial charge < -0.3 is 14.8 Å². The third-order valence-electron chi connectivity index (χ3n) is 3.51. The molecule has 20 heavy (non-hydrogen) atoms. The van der Waals surface area contributed by atoms with Crippen LogP contribution < -0.4 is 10.1 Å². The highest BCUT2D eigenvalue weighted by Crippen LogP contribution is 2.26. The molecule has 0 amide bonds. The zero-order valence-corrected chi connectivity index (χ0v) is 13.3. The topological polar surface area (TPSA) is 30.5 Å². The molecule has 3 nitrogen and oxygen atoms in total. The fraction of sp³-hybridized carbons (Fsp3) is 0.625. The highest BCUT2D eigenvalue weighted by molar-refractivity contribution is 7.98. The van der Waals surface area contributed by atoms with E-state index in [1.54, 1.807) is 7.11 Å². The first-order valence-electron chi connectivity index (χ1n) is 7.39. The van der Waals surface area contributed by atoms with Crippen molar-refractivity contribution in [2.75, 3.05) is 26.0 Å². The molecule has 1 aromatic rings. The van der Waals surface area contributed by atoms with Gasteiger partial charge in [0.2, 0.25) is 0 Å². The molecule has 1 saturated heterocycles. The van der Waals surface area contributed by atoms with E-state index in [1.807, 2.05) is 11.8 Å². The number of nitrogens with one attached hydrogen (secondary N) is 1. The van der Waals surface area contributed by atoms with E-state index in [1.165, 1.54) is 24.0 Å². The monoisotopic (exact) mass is 295 g/mol. The second-order valence-corrected chi connectivity index (χ2v) is 6.11. The maximum atomic E-state index is 5.66. The van der Waals surface area contributed by atoms with Gasteiger partial charge in [0.1, 0.15) is 5.75 Å². The highest BCUT2D eigenvalue weighted by atomic mass is 32.2. The quantitative estimate of drug-likeness (QED) is 0.798. The van der Waals surface area contributed by atoms with Gasteiger partial charge >= 0.3 is 0 Å². The summed E-state index contributed by atoms with van der Waals surface area (Å²) in [5, 5.41) is 3.36. The van der Waals surface area contributed by atoms with Gasteiger partial charge in [-0.2, -0.15) is 11.8 Å². The van der Waals surface area contributed by atoms with E-state index in [2.05, 4.69) is 30.4 Å². The second-order valence-electron chi connectivity index (χ2n) is 5.08. The van der Waals surface area contributed by atoms with E-state index in [9.17, 15) is 0 Å². The van der Waals surface area contributed by atoms with Crippen molar-refractivity contribution in [1.29, 1.82) is 0 Å². The van der Waals surface area contributed by atoms with E-state index >= 15 is 0 Å². The van der Waals surface area contributed by atoms with E-state index < -0.39 is 0 Å². The van der Waals surface area contributed by atoms with Gasteiger partial charge in [0.25, 0.3) is 0 Å². The van der Waals surface area contributed by atoms with E-state index in [4.69, 9.17) is 9.47 Å². The average molecular weight is 295 g/mol. The minimum atomic E-state index is 0.455. The Morgan fingerprint density at radius 1 is 1.45 bits per heavy atom. The van der Waals surface area contributed by atoms with Gasteiger partial charge in [0, 0.05) is 30.2 Å². The molecule has 0 aliphatic carbocycles. The van der Waals surface area contributed by atoms with Crippen molar-refractivity contribution in [2.45, 2.75) is 38.2 Å². The van der Waals surface area contributed by atoms with E-state index in [-0.39, 0.29) is 0 Å². The molecule has 1 aliphatic rings. The minimum absolute atomic E-state index is 0.455. The molecule has 1 aromatic carbocycles. The van der Waals surface area contributed by atoms with Crippen molar-refractivity contribution < 1.29 is 9.47 Å². The van der Waals surface area contributed by atoms with Crippen LogP contribution in [0.2, 0.25) is 0 Å². The number of rotatable bonds is 8. The van der Waals surface area contributed by atoms with Gasteiger partial charge in [-0.05, 0) is 37.1 Å². The lowest BCUT2D eigenvalue weighted by molar-refractivity contribution is 0.129. The molecule has 112 valence electrons. The van der Waals surface area contributed by atoms with Crippen molar-refractivity contribution in [3.05, 3.63) is 29.3 Å². The Bertz CT molecular complexity index is 405. The Balaban J connectivity index is 1.89. The fourth-order valence-electron chi connectivity index (χ4n) is 2.40. The molecule has 0 aromatic heterocycles. The number of methoxy groups -OCH3 is 1. The average Bonchev–Trinajstić information content (AvgIpc) is 2.98. The third kappa shape index (κ3) is 4.69. The first kappa shape index (κ1) is 15.7. The summed E-state index contributed by atoms with van der Waals surface area (Å²) in [6.07, 6.45) is 2.88. The van der Waals surface area contributed by atoms with Gasteiger partial charge in [-0.15, -0.1) is 0 Å². The molecule has 1 heterocycles. The summed E-state index contributed by atoms with van der Waals surface area (Å²) >= 11 is 1.94. The summed E-state index contributed by atoms with van der Waals surface area (Å²) in [7, 11) is 1.74. The summed E-state index contributed by atoms with van der Waals surface area (Å²) < 4.78 is 11.1. The molecule has 2 rings (SSSR count). The van der Waals surface area contributed by atoms with Gasteiger partial charge in [-0.3, -0.25) is 0 Å². The van der Waals surface area contributed by atoms with Crippen LogP contribution in [0, 0.1) is 0 Å². The predicted octanol–water partition coefficient (Wildman–Crippen LogP) is 3.22. The lowest BCUT2D eigenvalue weighted by atomic mass is 10.1. The lowest BCUT2D eigenvalue weighted by Gasteiger charge is -2.13. The van der Waals surface area contributed by atoms with Crippen molar-refractivity contribution in [3.63, 3.8) is 0 Å². The third-order valence-corrected chi connectivity index (χ3v) is 4.63. The van der Waals surface area contributed by atoms with Gasteiger partial charge in [-0.25, -0.2) is 0 Å². The SMILES string of the molecule is CCNCc1ccc(OC)c(CSCC2CCCO2)c1. The first-order chi connectivity index (χ1) is 9.83. The smallest absolute Gasteiger partial charge is 0.122 e. The largest absolute Gasteiger partial charge is 0.496 e. The molecule has 0 bridgehead atoms. The zero-order chi connectivity index (χ0) is 14.2. The summed E-state index contributed by atoms with van der Waals surface area (Å²) in [6.45, 7) is 4.98. The van der Waals surface area contributed by atoms with E-state index in [0.717, 1.165) is 37.0 Å². The van der Waals surface area contributed by atoms with Crippen molar-refractivity contribution in [1.82, 2.24) is 5.32 Å². The van der Waals surface area contributed by atoms with Crippen LogP contribution in [0.4, 0.5) is 0 Å². The predicted molar refractivity (Wildman–Crippen MR) is 85.5 cm³/mol. The Kier molecular flexibility index (Phi) is 6.70. The zero-order valence-electron chi connectivity index (χ0n) is 12.5. The van der Waals surface area contributed by atoms with Crippen LogP contribution in [0.5, 0.6) is 5.75 Å².